The van der Waals surface area contributed by atoms with E-state index in [4.69, 9.17) is 0 Å². The van der Waals surface area contributed by atoms with E-state index in [0.717, 1.165) is 0 Å². The van der Waals surface area contributed by atoms with E-state index in [1.807, 2.05) is 0 Å². The Morgan fingerprint density at radius 1 is 1.50 bits per heavy atom. The molecule has 0 N–H and O–H groups in total. The molecule has 0 aromatic heterocycles. The third-order valence-electron chi connectivity index (χ3n) is 1.31. The number of amides is 1. The van der Waals surface area contributed by atoms with E-state index in [9.17, 15) is 9.59 Å². The van der Waals surface area contributed by atoms with Crippen LogP contribution in [0.4, 0.5) is 0 Å². The van der Waals surface area contributed by atoms with Crippen molar-refractivity contribution in [2.75, 3.05) is 20.7 Å². The second-order valence-electron chi connectivity index (χ2n) is 2.52. The van der Waals surface area contributed by atoms with Gasteiger partial charge in [-0.25, -0.2) is 0 Å². The Bertz CT molecular complexity index is 210. The Morgan fingerprint density at radius 2 is 2.00 bits per heavy atom. The zero-order valence-corrected chi connectivity index (χ0v) is 7.59. The minimum absolute atomic E-state index is 0.0395. The van der Waals surface area contributed by atoms with Crippen molar-refractivity contribution in [3.8, 4) is 0 Å². The summed E-state index contributed by atoms with van der Waals surface area (Å²) < 4.78 is 4.39. The van der Waals surface area contributed by atoms with Crippen LogP contribution in [0.3, 0.4) is 0 Å². The molecule has 0 aromatic carbocycles. The summed E-state index contributed by atoms with van der Waals surface area (Å²) >= 11 is 0. The van der Waals surface area contributed by atoms with Crippen LogP contribution in [0, 0.1) is 0 Å². The lowest BCUT2D eigenvalue weighted by molar-refractivity contribution is -0.145. The quantitative estimate of drug-likeness (QED) is 0.450. The first kappa shape index (κ1) is 10.7. The van der Waals surface area contributed by atoms with E-state index in [1.165, 1.54) is 19.1 Å². The average molecular weight is 171 g/mol. The Morgan fingerprint density at radius 3 is 2.33 bits per heavy atom. The van der Waals surface area contributed by atoms with Crippen molar-refractivity contribution in [3.63, 3.8) is 0 Å². The Hall–Kier alpha value is -1.32. The van der Waals surface area contributed by atoms with Crippen molar-refractivity contribution in [2.45, 2.75) is 6.92 Å². The number of hydrogen-bond acceptors (Lipinski definition) is 3. The molecule has 0 atom stereocenters. The van der Waals surface area contributed by atoms with Crippen molar-refractivity contribution in [3.05, 3.63) is 12.2 Å². The van der Waals surface area contributed by atoms with Crippen LogP contribution in [-0.2, 0) is 14.3 Å². The van der Waals surface area contributed by atoms with E-state index in [2.05, 4.69) is 11.3 Å². The fourth-order valence-corrected chi connectivity index (χ4v) is 0.656. The van der Waals surface area contributed by atoms with Crippen molar-refractivity contribution in [1.29, 1.82) is 0 Å². The summed E-state index contributed by atoms with van der Waals surface area (Å²) in [7, 11) is 2.80. The maximum Gasteiger partial charge on any atom is 0.325 e. The summed E-state index contributed by atoms with van der Waals surface area (Å²) in [5.74, 6) is -0.687. The summed E-state index contributed by atoms with van der Waals surface area (Å²) in [5.41, 5.74) is 0.404. The lowest BCUT2D eigenvalue weighted by atomic mass is 10.3. The number of esters is 1. The molecule has 0 bridgehead atoms. The highest BCUT2D eigenvalue weighted by Gasteiger charge is 2.12. The standard InChI is InChI=1S/C8H13NO3/c1-6(2)8(11)9(3)5-7(10)12-4/h1,5H2,2-4H3. The van der Waals surface area contributed by atoms with Crippen molar-refractivity contribution < 1.29 is 14.3 Å². The number of methoxy groups -OCH3 is 1. The van der Waals surface area contributed by atoms with Gasteiger partial charge in [0.1, 0.15) is 6.54 Å². The molecule has 0 aliphatic heterocycles. The van der Waals surface area contributed by atoms with E-state index < -0.39 is 5.97 Å². The second kappa shape index (κ2) is 4.54. The van der Waals surface area contributed by atoms with E-state index in [-0.39, 0.29) is 12.5 Å². The lowest BCUT2D eigenvalue weighted by Gasteiger charge is -2.14. The maximum absolute atomic E-state index is 11.1. The smallest absolute Gasteiger partial charge is 0.325 e. The van der Waals surface area contributed by atoms with Gasteiger partial charge in [-0.1, -0.05) is 6.58 Å². The van der Waals surface area contributed by atoms with Gasteiger partial charge in [0.25, 0.3) is 0 Å². The summed E-state index contributed by atoms with van der Waals surface area (Å²) in [4.78, 5) is 23.1. The minimum Gasteiger partial charge on any atom is -0.468 e. The molecule has 0 fully saturated rings. The van der Waals surface area contributed by atoms with Crippen molar-refractivity contribution >= 4 is 11.9 Å². The molecule has 0 spiro atoms. The minimum atomic E-state index is -0.438. The highest BCUT2D eigenvalue weighted by atomic mass is 16.5. The molecule has 68 valence electrons. The van der Waals surface area contributed by atoms with Gasteiger partial charge >= 0.3 is 5.97 Å². The largest absolute Gasteiger partial charge is 0.468 e. The van der Waals surface area contributed by atoms with E-state index >= 15 is 0 Å². The SMILES string of the molecule is C=C(C)C(=O)N(C)CC(=O)OC. The van der Waals surface area contributed by atoms with Crippen molar-refractivity contribution in [1.82, 2.24) is 4.90 Å². The van der Waals surface area contributed by atoms with Gasteiger partial charge in [0.05, 0.1) is 7.11 Å². The molecule has 0 aromatic rings. The number of hydrogen-bond donors (Lipinski definition) is 0. The monoisotopic (exact) mass is 171 g/mol. The highest BCUT2D eigenvalue weighted by molar-refractivity contribution is 5.93. The Balaban J connectivity index is 4.04. The Kier molecular flexibility index (Phi) is 4.04. The zero-order valence-electron chi connectivity index (χ0n) is 7.59. The lowest BCUT2D eigenvalue weighted by Crippen LogP contribution is -2.32. The van der Waals surface area contributed by atoms with Crippen LogP contribution in [0.1, 0.15) is 6.92 Å². The molecule has 12 heavy (non-hydrogen) atoms. The molecule has 0 unspecified atom stereocenters. The molecule has 0 rings (SSSR count). The fourth-order valence-electron chi connectivity index (χ4n) is 0.656. The normalized spacial score (nSPS) is 8.92. The number of rotatable bonds is 3. The summed E-state index contributed by atoms with van der Waals surface area (Å²) in [6.07, 6.45) is 0. The topological polar surface area (TPSA) is 46.6 Å². The van der Waals surface area contributed by atoms with Crippen LogP contribution < -0.4 is 0 Å². The number of likely N-dealkylation sites (N-methyl/N-ethyl adjacent to an activating group) is 1. The third kappa shape index (κ3) is 3.18. The predicted octanol–water partition coefficient (Wildman–Crippen LogP) is 0.194. The van der Waals surface area contributed by atoms with Gasteiger partial charge in [-0.3, -0.25) is 9.59 Å². The number of ether oxygens (including phenoxy) is 1. The molecule has 0 radical (unpaired) electrons. The van der Waals surface area contributed by atoms with E-state index in [0.29, 0.717) is 5.57 Å². The van der Waals surface area contributed by atoms with Crippen LogP contribution in [0.15, 0.2) is 12.2 Å². The average Bonchev–Trinajstić information content (AvgIpc) is 2.02. The molecule has 4 nitrogen and oxygen atoms in total. The Labute approximate surface area is 71.8 Å². The van der Waals surface area contributed by atoms with Crippen LogP contribution in [-0.4, -0.2) is 37.5 Å². The number of nitrogens with zero attached hydrogens (tertiary/aromatic N) is 1. The first-order valence-electron chi connectivity index (χ1n) is 3.46. The van der Waals surface area contributed by atoms with E-state index in [1.54, 1.807) is 6.92 Å². The van der Waals surface area contributed by atoms with Gasteiger partial charge in [0.15, 0.2) is 0 Å². The van der Waals surface area contributed by atoms with Crippen molar-refractivity contribution in [2.24, 2.45) is 0 Å². The molecular formula is C8H13NO3. The third-order valence-corrected chi connectivity index (χ3v) is 1.31. The van der Waals surface area contributed by atoms with Crippen LogP contribution in [0.5, 0.6) is 0 Å². The molecular weight excluding hydrogens is 158 g/mol. The highest BCUT2D eigenvalue weighted by Crippen LogP contribution is 1.95. The molecule has 0 aliphatic carbocycles. The van der Waals surface area contributed by atoms with Gasteiger partial charge in [-0.2, -0.15) is 0 Å². The van der Waals surface area contributed by atoms with Crippen LogP contribution in [0.25, 0.3) is 0 Å². The number of carbonyl (C=O) groups excluding carboxylic acids is 2. The van der Waals surface area contributed by atoms with Gasteiger partial charge < -0.3 is 9.64 Å². The predicted molar refractivity (Wildman–Crippen MR) is 44.5 cm³/mol. The maximum atomic E-state index is 11.1. The molecule has 0 heterocycles. The van der Waals surface area contributed by atoms with Crippen LogP contribution >= 0.6 is 0 Å². The van der Waals surface area contributed by atoms with Crippen LogP contribution in [0.2, 0.25) is 0 Å². The molecule has 0 saturated heterocycles. The molecule has 1 amide bonds. The molecule has 4 heteroatoms. The summed E-state index contributed by atoms with van der Waals surface area (Å²) in [5, 5.41) is 0. The molecule has 0 aliphatic rings. The molecule has 0 saturated carbocycles. The van der Waals surface area contributed by atoms with Gasteiger partial charge in [0, 0.05) is 12.6 Å². The zero-order chi connectivity index (χ0) is 9.72. The second-order valence-corrected chi connectivity index (χ2v) is 2.52. The summed E-state index contributed by atoms with van der Waals surface area (Å²) in [6, 6.07) is 0. The van der Waals surface area contributed by atoms with Gasteiger partial charge in [-0.05, 0) is 6.92 Å². The fraction of sp³-hybridized carbons (Fsp3) is 0.500. The first-order chi connectivity index (χ1) is 5.49. The summed E-state index contributed by atoms with van der Waals surface area (Å²) in [6.45, 7) is 5.02. The van der Waals surface area contributed by atoms with Gasteiger partial charge in [0.2, 0.25) is 5.91 Å². The van der Waals surface area contributed by atoms with Gasteiger partial charge in [-0.15, -0.1) is 0 Å². The first-order valence-corrected chi connectivity index (χ1v) is 3.46. The number of carbonyl (C=O) groups is 2.